The van der Waals surface area contributed by atoms with Crippen LogP contribution in [0, 0.1) is 0 Å². The van der Waals surface area contributed by atoms with E-state index in [0.717, 1.165) is 39.4 Å². The third-order valence-corrected chi connectivity index (χ3v) is 8.48. The second kappa shape index (κ2) is 8.92. The molecule has 196 valence electrons. The highest BCUT2D eigenvalue weighted by Crippen LogP contribution is 2.44. The molecule has 0 saturated carbocycles. The maximum absolute atomic E-state index is 5.39. The molecule has 0 spiro atoms. The average molecular weight is 536 g/mol. The van der Waals surface area contributed by atoms with Crippen LogP contribution in [0.4, 0.5) is 0 Å². The molecule has 0 atom stereocenters. The van der Waals surface area contributed by atoms with Crippen LogP contribution in [0.2, 0.25) is 0 Å². The van der Waals surface area contributed by atoms with Crippen LogP contribution in [-0.2, 0) is 0 Å². The quantitative estimate of drug-likeness (QED) is 0.206. The highest BCUT2D eigenvalue weighted by atomic mass is 15.0. The Labute approximate surface area is 242 Å². The van der Waals surface area contributed by atoms with Crippen LogP contribution in [0.25, 0.3) is 77.3 Å². The fourth-order valence-corrected chi connectivity index (χ4v) is 6.73. The number of nitrogens with zero attached hydrogens (tertiary/aromatic N) is 3. The van der Waals surface area contributed by atoms with Crippen LogP contribution in [-0.4, -0.2) is 14.0 Å². The van der Waals surface area contributed by atoms with E-state index in [-0.39, 0.29) is 0 Å². The van der Waals surface area contributed by atoms with Gasteiger partial charge in [0.05, 0.1) is 27.8 Å². The number of hydrogen-bond acceptors (Lipinski definition) is 1. The maximum atomic E-state index is 5.39. The van der Waals surface area contributed by atoms with Crippen LogP contribution in [0.5, 0.6) is 0 Å². The number of rotatable bonds is 3. The van der Waals surface area contributed by atoms with Gasteiger partial charge in [0, 0.05) is 43.7 Å². The smallest absolute Gasteiger partial charge is 0.145 e. The largest absolute Gasteiger partial charge is 0.309 e. The van der Waals surface area contributed by atoms with E-state index in [9.17, 15) is 0 Å². The molecule has 0 aliphatic carbocycles. The zero-order chi connectivity index (χ0) is 27.6. The molecule has 3 nitrogen and oxygen atoms in total. The first kappa shape index (κ1) is 23.1. The van der Waals surface area contributed by atoms with Gasteiger partial charge in [-0.05, 0) is 24.3 Å². The number of hydrogen-bond donors (Lipinski definition) is 0. The van der Waals surface area contributed by atoms with Crippen LogP contribution in [0.15, 0.2) is 152 Å². The second-order valence-electron chi connectivity index (χ2n) is 10.8. The van der Waals surface area contributed by atoms with Crippen molar-refractivity contribution in [3.8, 4) is 28.3 Å². The normalized spacial score (nSPS) is 11.8. The predicted octanol–water partition coefficient (Wildman–Crippen LogP) is 10.1. The zero-order valence-corrected chi connectivity index (χ0v) is 22.8. The molecule has 0 fully saturated rings. The van der Waals surface area contributed by atoms with E-state index in [1.165, 1.54) is 38.0 Å². The minimum atomic E-state index is 0.950. The molecule has 0 saturated heterocycles. The van der Waals surface area contributed by atoms with Crippen molar-refractivity contribution in [3.05, 3.63) is 152 Å². The molecule has 42 heavy (non-hydrogen) atoms. The van der Waals surface area contributed by atoms with Crippen molar-refractivity contribution in [1.82, 2.24) is 14.0 Å². The van der Waals surface area contributed by atoms with Gasteiger partial charge in [-0.3, -0.25) is 4.40 Å². The van der Waals surface area contributed by atoms with E-state index in [1.807, 2.05) is 0 Å². The summed E-state index contributed by atoms with van der Waals surface area (Å²) in [6.45, 7) is 0. The van der Waals surface area contributed by atoms with Crippen molar-refractivity contribution in [3.63, 3.8) is 0 Å². The fraction of sp³-hybridized carbons (Fsp3) is 0. The van der Waals surface area contributed by atoms with Gasteiger partial charge in [0.25, 0.3) is 0 Å². The molecule has 3 heteroatoms. The van der Waals surface area contributed by atoms with Gasteiger partial charge in [0.2, 0.25) is 0 Å². The first-order valence-corrected chi connectivity index (χ1v) is 14.3. The standard InChI is InChI=1S/C39H25N3/c1-4-14-26(15-5-1)36-38-32-25-24-30-29-20-10-12-22-33(29)41(28-18-8-3-9-19-28)37(30)35(32)31-21-11-13-23-34(31)42(38)39(40-36)27-16-6-2-7-17-27/h1-25H. The topological polar surface area (TPSA) is 22.2 Å². The molecule has 0 aliphatic heterocycles. The van der Waals surface area contributed by atoms with E-state index in [4.69, 9.17) is 4.98 Å². The van der Waals surface area contributed by atoms with Crippen LogP contribution in [0.3, 0.4) is 0 Å². The lowest BCUT2D eigenvalue weighted by atomic mass is 9.99. The van der Waals surface area contributed by atoms with Gasteiger partial charge >= 0.3 is 0 Å². The molecule has 9 aromatic rings. The Bertz CT molecular complexity index is 2430. The third kappa shape index (κ3) is 3.19. The minimum Gasteiger partial charge on any atom is -0.309 e. The summed E-state index contributed by atoms with van der Waals surface area (Å²) in [5, 5.41) is 6.14. The SMILES string of the molecule is c1ccc(-c2nc(-c3ccccc3)n3c4ccccc4c4c(ccc5c6ccccc6n(-c6ccccc6)c54)c23)cc1. The Morgan fingerprint density at radius 1 is 0.405 bits per heavy atom. The van der Waals surface area contributed by atoms with E-state index >= 15 is 0 Å². The van der Waals surface area contributed by atoms with Gasteiger partial charge in [0.1, 0.15) is 5.82 Å². The Kier molecular flexibility index (Phi) is 4.90. The molecule has 6 aromatic carbocycles. The van der Waals surface area contributed by atoms with Gasteiger partial charge in [-0.1, -0.05) is 127 Å². The molecule has 3 aromatic heterocycles. The molecule has 9 rings (SSSR count). The molecule has 0 unspecified atom stereocenters. The molecule has 0 radical (unpaired) electrons. The average Bonchev–Trinajstić information content (AvgIpc) is 3.63. The number of benzene rings is 6. The van der Waals surface area contributed by atoms with Gasteiger partial charge < -0.3 is 4.57 Å². The summed E-state index contributed by atoms with van der Waals surface area (Å²) in [4.78, 5) is 5.39. The van der Waals surface area contributed by atoms with Crippen molar-refractivity contribution < 1.29 is 0 Å². The van der Waals surface area contributed by atoms with Gasteiger partial charge in [-0.2, -0.15) is 0 Å². The second-order valence-corrected chi connectivity index (χ2v) is 10.8. The van der Waals surface area contributed by atoms with Crippen molar-refractivity contribution in [1.29, 1.82) is 0 Å². The van der Waals surface area contributed by atoms with Gasteiger partial charge in [0.15, 0.2) is 0 Å². The van der Waals surface area contributed by atoms with Crippen LogP contribution >= 0.6 is 0 Å². The first-order valence-electron chi connectivity index (χ1n) is 14.3. The lowest BCUT2D eigenvalue weighted by Gasteiger charge is -2.15. The number of aromatic nitrogens is 3. The van der Waals surface area contributed by atoms with E-state index < -0.39 is 0 Å². The van der Waals surface area contributed by atoms with Gasteiger partial charge in [-0.25, -0.2) is 4.98 Å². The fourth-order valence-electron chi connectivity index (χ4n) is 6.73. The summed E-state index contributed by atoms with van der Waals surface area (Å²) in [6.07, 6.45) is 0. The highest BCUT2D eigenvalue weighted by molar-refractivity contribution is 6.28. The number of fused-ring (bicyclic) bond motifs is 10. The zero-order valence-electron chi connectivity index (χ0n) is 22.8. The molecule has 0 aliphatic rings. The maximum Gasteiger partial charge on any atom is 0.145 e. The van der Waals surface area contributed by atoms with E-state index in [1.54, 1.807) is 0 Å². The van der Waals surface area contributed by atoms with Crippen molar-refractivity contribution in [2.24, 2.45) is 0 Å². The number of imidazole rings is 1. The summed E-state index contributed by atoms with van der Waals surface area (Å²) < 4.78 is 4.81. The molecular formula is C39H25N3. The van der Waals surface area contributed by atoms with Crippen molar-refractivity contribution in [2.45, 2.75) is 0 Å². The highest BCUT2D eigenvalue weighted by Gasteiger charge is 2.23. The lowest BCUT2D eigenvalue weighted by Crippen LogP contribution is -1.97. The third-order valence-electron chi connectivity index (χ3n) is 8.48. The summed E-state index contributed by atoms with van der Waals surface area (Å²) in [7, 11) is 0. The van der Waals surface area contributed by atoms with Gasteiger partial charge in [-0.15, -0.1) is 0 Å². The first-order chi connectivity index (χ1) is 20.9. The van der Waals surface area contributed by atoms with Crippen LogP contribution in [0.1, 0.15) is 0 Å². The Hall–Kier alpha value is -5.67. The van der Waals surface area contributed by atoms with Crippen molar-refractivity contribution >= 4 is 49.0 Å². The molecule has 0 amide bonds. The predicted molar refractivity (Wildman–Crippen MR) is 175 cm³/mol. The summed E-state index contributed by atoms with van der Waals surface area (Å²) in [5.74, 6) is 0.950. The summed E-state index contributed by atoms with van der Waals surface area (Å²) in [6, 6.07) is 54.0. The molecular weight excluding hydrogens is 510 g/mol. The molecule has 0 N–H and O–H groups in total. The Morgan fingerprint density at radius 3 is 1.71 bits per heavy atom. The Morgan fingerprint density at radius 2 is 0.976 bits per heavy atom. The Balaban J connectivity index is 1.58. The molecule has 3 heterocycles. The molecule has 0 bridgehead atoms. The van der Waals surface area contributed by atoms with E-state index in [2.05, 4.69) is 161 Å². The summed E-state index contributed by atoms with van der Waals surface area (Å²) >= 11 is 0. The van der Waals surface area contributed by atoms with Crippen molar-refractivity contribution in [2.75, 3.05) is 0 Å². The summed E-state index contributed by atoms with van der Waals surface area (Å²) in [5.41, 5.74) is 9.05. The van der Waals surface area contributed by atoms with Crippen LogP contribution < -0.4 is 0 Å². The number of pyridine rings is 1. The minimum absolute atomic E-state index is 0.950. The lowest BCUT2D eigenvalue weighted by molar-refractivity contribution is 1.19. The monoisotopic (exact) mass is 535 g/mol. The van der Waals surface area contributed by atoms with E-state index in [0.29, 0.717) is 0 Å². The number of para-hydroxylation sites is 3.